The Labute approximate surface area is 134 Å². The zero-order valence-electron chi connectivity index (χ0n) is 12.5. The van der Waals surface area contributed by atoms with E-state index in [1.807, 2.05) is 24.3 Å². The van der Waals surface area contributed by atoms with E-state index in [-0.39, 0.29) is 0 Å². The SMILES string of the molecule is Cc1ccc(C)c(CSc2c(C#N)nnc3ccccc23)c1. The van der Waals surface area contributed by atoms with Gasteiger partial charge in [0.25, 0.3) is 0 Å². The lowest BCUT2D eigenvalue weighted by atomic mass is 10.1. The second-order valence-electron chi connectivity index (χ2n) is 5.23. The van der Waals surface area contributed by atoms with Crippen molar-refractivity contribution in [1.29, 1.82) is 5.26 Å². The monoisotopic (exact) mass is 305 g/mol. The van der Waals surface area contributed by atoms with Crippen LogP contribution in [0.25, 0.3) is 10.9 Å². The summed E-state index contributed by atoms with van der Waals surface area (Å²) in [6.07, 6.45) is 0. The molecule has 0 bridgehead atoms. The molecule has 3 nitrogen and oxygen atoms in total. The highest BCUT2D eigenvalue weighted by Crippen LogP contribution is 2.32. The molecule has 2 aromatic carbocycles. The Hall–Kier alpha value is -2.38. The van der Waals surface area contributed by atoms with Gasteiger partial charge in [-0.1, -0.05) is 42.0 Å². The summed E-state index contributed by atoms with van der Waals surface area (Å²) in [5, 5.41) is 18.5. The van der Waals surface area contributed by atoms with Gasteiger partial charge in [-0.3, -0.25) is 0 Å². The molecule has 0 radical (unpaired) electrons. The third kappa shape index (κ3) is 2.81. The standard InChI is InChI=1S/C18H15N3S/c1-12-7-8-13(2)14(9-12)11-22-18-15-5-3-4-6-16(15)20-21-17(18)10-19/h3-9H,11H2,1-2H3. The average Bonchev–Trinajstić information content (AvgIpc) is 2.55. The minimum Gasteiger partial charge on any atom is -0.191 e. The van der Waals surface area contributed by atoms with Crippen LogP contribution in [0.4, 0.5) is 0 Å². The van der Waals surface area contributed by atoms with Crippen LogP contribution in [0.15, 0.2) is 47.4 Å². The van der Waals surface area contributed by atoms with Crippen molar-refractivity contribution in [2.45, 2.75) is 24.5 Å². The van der Waals surface area contributed by atoms with Crippen molar-refractivity contribution in [3.63, 3.8) is 0 Å². The van der Waals surface area contributed by atoms with Crippen LogP contribution in [0.5, 0.6) is 0 Å². The van der Waals surface area contributed by atoms with Gasteiger partial charge in [0.15, 0.2) is 5.69 Å². The van der Waals surface area contributed by atoms with Gasteiger partial charge >= 0.3 is 0 Å². The van der Waals surface area contributed by atoms with Crippen LogP contribution in [-0.2, 0) is 5.75 Å². The Bertz CT molecular complexity index is 881. The van der Waals surface area contributed by atoms with Crippen LogP contribution in [-0.4, -0.2) is 10.2 Å². The van der Waals surface area contributed by atoms with E-state index in [2.05, 4.69) is 48.3 Å². The number of nitrogens with zero attached hydrogens (tertiary/aromatic N) is 3. The van der Waals surface area contributed by atoms with Crippen LogP contribution >= 0.6 is 11.8 Å². The van der Waals surface area contributed by atoms with E-state index in [0.29, 0.717) is 5.69 Å². The molecule has 0 atom stereocenters. The first-order chi connectivity index (χ1) is 10.7. The van der Waals surface area contributed by atoms with Gasteiger partial charge in [-0.2, -0.15) is 5.26 Å². The molecule has 0 amide bonds. The largest absolute Gasteiger partial charge is 0.191 e. The molecule has 3 rings (SSSR count). The fourth-order valence-electron chi connectivity index (χ4n) is 2.35. The van der Waals surface area contributed by atoms with Gasteiger partial charge in [0.2, 0.25) is 0 Å². The lowest BCUT2D eigenvalue weighted by Crippen LogP contribution is -1.95. The second-order valence-corrected chi connectivity index (χ2v) is 6.21. The summed E-state index contributed by atoms with van der Waals surface area (Å²) >= 11 is 1.65. The topological polar surface area (TPSA) is 49.6 Å². The molecule has 4 heteroatoms. The zero-order chi connectivity index (χ0) is 15.5. The van der Waals surface area contributed by atoms with Crippen LogP contribution in [0.1, 0.15) is 22.4 Å². The molecule has 0 saturated heterocycles. The van der Waals surface area contributed by atoms with Crippen molar-refractivity contribution in [3.8, 4) is 6.07 Å². The van der Waals surface area contributed by atoms with Crippen molar-refractivity contribution in [2.75, 3.05) is 0 Å². The van der Waals surface area contributed by atoms with Crippen molar-refractivity contribution in [2.24, 2.45) is 0 Å². The maximum atomic E-state index is 9.31. The summed E-state index contributed by atoms with van der Waals surface area (Å²) < 4.78 is 0. The number of thioether (sulfide) groups is 1. The molecule has 0 aliphatic heterocycles. The number of nitriles is 1. The van der Waals surface area contributed by atoms with Gasteiger partial charge in [0.1, 0.15) is 6.07 Å². The molecule has 1 heterocycles. The molecule has 0 aliphatic rings. The van der Waals surface area contributed by atoms with Gasteiger partial charge in [0.05, 0.1) is 10.4 Å². The van der Waals surface area contributed by atoms with E-state index in [9.17, 15) is 5.26 Å². The Kier molecular flexibility index (Phi) is 4.08. The lowest BCUT2D eigenvalue weighted by molar-refractivity contribution is 1.02. The highest BCUT2D eigenvalue weighted by atomic mass is 32.2. The molecular formula is C18H15N3S. The first kappa shape index (κ1) is 14.6. The van der Waals surface area contributed by atoms with Crippen LogP contribution in [0, 0.1) is 25.2 Å². The molecule has 0 spiro atoms. The molecule has 0 aliphatic carbocycles. The normalized spacial score (nSPS) is 10.6. The number of hydrogen-bond donors (Lipinski definition) is 0. The molecular weight excluding hydrogens is 290 g/mol. The number of rotatable bonds is 3. The average molecular weight is 305 g/mol. The predicted octanol–water partition coefficient (Wildman–Crippen LogP) is 4.41. The molecule has 22 heavy (non-hydrogen) atoms. The van der Waals surface area contributed by atoms with Crippen molar-refractivity contribution in [3.05, 3.63) is 64.8 Å². The van der Waals surface area contributed by atoms with Crippen molar-refractivity contribution >= 4 is 22.7 Å². The molecule has 0 saturated carbocycles. The van der Waals surface area contributed by atoms with E-state index >= 15 is 0 Å². The Morgan fingerprint density at radius 3 is 2.73 bits per heavy atom. The Balaban J connectivity index is 2.00. The molecule has 1 aromatic heterocycles. The first-order valence-corrected chi connectivity index (χ1v) is 8.02. The number of benzene rings is 2. The predicted molar refractivity (Wildman–Crippen MR) is 89.7 cm³/mol. The van der Waals surface area contributed by atoms with E-state index in [1.54, 1.807) is 11.8 Å². The number of aryl methyl sites for hydroxylation is 2. The Morgan fingerprint density at radius 2 is 1.91 bits per heavy atom. The van der Waals surface area contributed by atoms with E-state index in [1.165, 1.54) is 16.7 Å². The van der Waals surface area contributed by atoms with Crippen molar-refractivity contribution in [1.82, 2.24) is 10.2 Å². The van der Waals surface area contributed by atoms with Gasteiger partial charge in [-0.05, 0) is 31.0 Å². The highest BCUT2D eigenvalue weighted by molar-refractivity contribution is 7.98. The Morgan fingerprint density at radius 1 is 1.09 bits per heavy atom. The highest BCUT2D eigenvalue weighted by Gasteiger charge is 2.11. The summed E-state index contributed by atoms with van der Waals surface area (Å²) in [7, 11) is 0. The molecule has 0 N–H and O–H groups in total. The van der Waals surface area contributed by atoms with Gasteiger partial charge in [-0.15, -0.1) is 22.0 Å². The van der Waals surface area contributed by atoms with E-state index in [0.717, 1.165) is 21.6 Å². The summed E-state index contributed by atoms with van der Waals surface area (Å²) in [4.78, 5) is 0.911. The number of aromatic nitrogens is 2. The molecule has 0 fully saturated rings. The van der Waals surface area contributed by atoms with Gasteiger partial charge in [-0.25, -0.2) is 0 Å². The summed E-state index contributed by atoms with van der Waals surface area (Å²) in [6, 6.07) is 16.4. The number of fused-ring (bicyclic) bond motifs is 1. The fourth-order valence-corrected chi connectivity index (χ4v) is 3.52. The van der Waals surface area contributed by atoms with E-state index < -0.39 is 0 Å². The van der Waals surface area contributed by atoms with Crippen LogP contribution in [0.3, 0.4) is 0 Å². The third-order valence-electron chi connectivity index (χ3n) is 3.60. The quantitative estimate of drug-likeness (QED) is 0.672. The van der Waals surface area contributed by atoms with Gasteiger partial charge in [0, 0.05) is 11.1 Å². The van der Waals surface area contributed by atoms with Gasteiger partial charge < -0.3 is 0 Å². The fraction of sp³-hybridized carbons (Fsp3) is 0.167. The summed E-state index contributed by atoms with van der Waals surface area (Å²) in [6.45, 7) is 4.21. The summed E-state index contributed by atoms with van der Waals surface area (Å²) in [5.74, 6) is 0.817. The maximum absolute atomic E-state index is 9.31. The van der Waals surface area contributed by atoms with Crippen molar-refractivity contribution < 1.29 is 0 Å². The number of hydrogen-bond acceptors (Lipinski definition) is 4. The van der Waals surface area contributed by atoms with Crippen LogP contribution in [0.2, 0.25) is 0 Å². The smallest absolute Gasteiger partial charge is 0.177 e. The van der Waals surface area contributed by atoms with Crippen LogP contribution < -0.4 is 0 Å². The minimum absolute atomic E-state index is 0.397. The molecule has 108 valence electrons. The third-order valence-corrected chi connectivity index (χ3v) is 4.76. The zero-order valence-corrected chi connectivity index (χ0v) is 13.3. The minimum atomic E-state index is 0.397. The molecule has 0 unspecified atom stereocenters. The lowest BCUT2D eigenvalue weighted by Gasteiger charge is -2.09. The second kappa shape index (κ2) is 6.17. The molecule has 3 aromatic rings. The summed E-state index contributed by atoms with van der Waals surface area (Å²) in [5.41, 5.74) is 5.02. The maximum Gasteiger partial charge on any atom is 0.177 e. The van der Waals surface area contributed by atoms with E-state index in [4.69, 9.17) is 0 Å². The first-order valence-electron chi connectivity index (χ1n) is 7.03.